The van der Waals surface area contributed by atoms with Crippen LogP contribution in [-0.4, -0.2) is 10.1 Å². The number of pyridine rings is 1. The average molecular weight is 311 g/mol. The number of ether oxygens (including phenoxy) is 1. The molecule has 0 radical (unpaired) electrons. The van der Waals surface area contributed by atoms with Gasteiger partial charge in [0.05, 0.1) is 5.60 Å². The summed E-state index contributed by atoms with van der Waals surface area (Å²) in [5.74, 6) is 0.421. The molecule has 3 nitrogen and oxygen atoms in total. The van der Waals surface area contributed by atoms with Gasteiger partial charge in [0, 0.05) is 11.8 Å². The van der Waals surface area contributed by atoms with Crippen LogP contribution in [-0.2, 0) is 18.4 Å². The van der Waals surface area contributed by atoms with E-state index in [2.05, 4.69) is 4.98 Å². The number of halogens is 3. The van der Waals surface area contributed by atoms with E-state index in [1.165, 1.54) is 12.1 Å². The number of hydrogen-bond acceptors (Lipinski definition) is 3. The first-order valence-corrected chi connectivity index (χ1v) is 6.65. The Morgan fingerprint density at radius 2 is 1.73 bits per heavy atom. The Hall–Kier alpha value is -2.08. The molecule has 22 heavy (non-hydrogen) atoms. The van der Waals surface area contributed by atoms with Crippen LogP contribution in [0.15, 0.2) is 42.6 Å². The molecular weight excluding hydrogens is 295 g/mol. The van der Waals surface area contributed by atoms with Crippen molar-refractivity contribution in [2.45, 2.75) is 32.2 Å². The Morgan fingerprint density at radius 1 is 1.09 bits per heavy atom. The Labute approximate surface area is 126 Å². The highest BCUT2D eigenvalue weighted by Crippen LogP contribution is 2.30. The van der Waals surface area contributed by atoms with E-state index in [-0.39, 0.29) is 12.2 Å². The van der Waals surface area contributed by atoms with Gasteiger partial charge >= 0.3 is 6.18 Å². The Balaban J connectivity index is 2.11. The maximum atomic E-state index is 12.8. The van der Waals surface area contributed by atoms with Crippen molar-refractivity contribution in [1.82, 2.24) is 4.98 Å². The monoisotopic (exact) mass is 311 g/mol. The van der Waals surface area contributed by atoms with E-state index >= 15 is 0 Å². The van der Waals surface area contributed by atoms with Gasteiger partial charge in [-0.2, -0.15) is 13.2 Å². The summed E-state index contributed by atoms with van der Waals surface area (Å²) in [6, 6.07) is 9.33. The molecule has 1 aromatic heterocycles. The van der Waals surface area contributed by atoms with Crippen molar-refractivity contribution in [3.8, 4) is 5.75 Å². The van der Waals surface area contributed by atoms with Crippen LogP contribution in [0.1, 0.15) is 30.7 Å². The van der Waals surface area contributed by atoms with Crippen molar-refractivity contribution in [1.29, 1.82) is 0 Å². The minimum absolute atomic E-state index is 0.0263. The van der Waals surface area contributed by atoms with Crippen LogP contribution in [0.4, 0.5) is 13.2 Å². The van der Waals surface area contributed by atoms with Crippen LogP contribution < -0.4 is 4.74 Å². The summed E-state index contributed by atoms with van der Waals surface area (Å²) in [4.78, 5) is 3.37. The molecule has 6 heteroatoms. The van der Waals surface area contributed by atoms with Gasteiger partial charge in [-0.3, -0.25) is 4.98 Å². The lowest BCUT2D eigenvalue weighted by Gasteiger charge is -2.18. The van der Waals surface area contributed by atoms with Gasteiger partial charge in [-0.25, -0.2) is 0 Å². The molecule has 0 aliphatic carbocycles. The van der Waals surface area contributed by atoms with E-state index in [1.807, 2.05) is 0 Å². The standard InChI is InChI=1S/C16H16F3NO2/c1-15(2,21)12-5-7-13(8-6-12)22-10-11-4-3-9-20-14(11)16(17,18)19/h3-9,21H,10H2,1-2H3. The molecule has 0 saturated carbocycles. The molecule has 0 aliphatic rings. The molecule has 0 bridgehead atoms. The first-order chi connectivity index (χ1) is 10.2. The Kier molecular flexibility index (Phi) is 4.42. The number of rotatable bonds is 4. The van der Waals surface area contributed by atoms with Crippen molar-refractivity contribution in [2.24, 2.45) is 0 Å². The molecule has 0 fully saturated rings. The van der Waals surface area contributed by atoms with Crippen LogP contribution in [0, 0.1) is 0 Å². The summed E-state index contributed by atoms with van der Waals surface area (Å²) in [6.07, 6.45) is -3.41. The third kappa shape index (κ3) is 3.98. The highest BCUT2D eigenvalue weighted by Gasteiger charge is 2.35. The minimum atomic E-state index is -4.51. The molecule has 1 heterocycles. The smallest absolute Gasteiger partial charge is 0.433 e. The summed E-state index contributed by atoms with van der Waals surface area (Å²) >= 11 is 0. The lowest BCUT2D eigenvalue weighted by atomic mass is 9.99. The summed E-state index contributed by atoms with van der Waals surface area (Å²) in [5.41, 5.74) is -1.26. The summed E-state index contributed by atoms with van der Waals surface area (Å²) < 4.78 is 43.8. The lowest BCUT2D eigenvalue weighted by molar-refractivity contribution is -0.142. The van der Waals surface area contributed by atoms with Crippen LogP contribution in [0.25, 0.3) is 0 Å². The van der Waals surface area contributed by atoms with E-state index < -0.39 is 17.5 Å². The summed E-state index contributed by atoms with van der Waals surface area (Å²) in [6.45, 7) is 3.06. The fourth-order valence-electron chi connectivity index (χ4n) is 1.93. The molecular formula is C16H16F3NO2. The fourth-order valence-corrected chi connectivity index (χ4v) is 1.93. The van der Waals surface area contributed by atoms with Gasteiger partial charge in [0.1, 0.15) is 12.4 Å². The Bertz CT molecular complexity index is 631. The minimum Gasteiger partial charge on any atom is -0.489 e. The van der Waals surface area contributed by atoms with E-state index in [0.29, 0.717) is 11.3 Å². The Morgan fingerprint density at radius 3 is 2.27 bits per heavy atom. The van der Waals surface area contributed by atoms with Gasteiger partial charge in [0.2, 0.25) is 0 Å². The van der Waals surface area contributed by atoms with E-state index in [1.54, 1.807) is 38.1 Å². The molecule has 2 aromatic rings. The van der Waals surface area contributed by atoms with Crippen molar-refractivity contribution in [2.75, 3.05) is 0 Å². The second-order valence-electron chi connectivity index (χ2n) is 5.38. The maximum Gasteiger partial charge on any atom is 0.433 e. The molecule has 0 saturated heterocycles. The van der Waals surface area contributed by atoms with E-state index in [0.717, 1.165) is 6.20 Å². The number of nitrogens with zero attached hydrogens (tertiary/aromatic N) is 1. The van der Waals surface area contributed by atoms with Crippen molar-refractivity contribution in [3.05, 3.63) is 59.4 Å². The molecule has 1 aromatic carbocycles. The number of aliphatic hydroxyl groups is 1. The van der Waals surface area contributed by atoms with Crippen molar-refractivity contribution in [3.63, 3.8) is 0 Å². The molecule has 0 atom stereocenters. The zero-order chi connectivity index (χ0) is 16.4. The largest absolute Gasteiger partial charge is 0.489 e. The molecule has 0 unspecified atom stereocenters. The number of aromatic nitrogens is 1. The third-order valence-corrected chi connectivity index (χ3v) is 3.11. The van der Waals surface area contributed by atoms with Crippen LogP contribution in [0.5, 0.6) is 5.75 Å². The molecule has 1 N–H and O–H groups in total. The maximum absolute atomic E-state index is 12.8. The first-order valence-electron chi connectivity index (χ1n) is 6.65. The quantitative estimate of drug-likeness (QED) is 0.931. The average Bonchev–Trinajstić information content (AvgIpc) is 2.44. The van der Waals surface area contributed by atoms with Crippen molar-refractivity contribution >= 4 is 0 Å². The molecule has 118 valence electrons. The number of hydrogen-bond donors (Lipinski definition) is 1. The summed E-state index contributed by atoms with van der Waals surface area (Å²) in [5, 5.41) is 9.84. The first kappa shape index (κ1) is 16.3. The van der Waals surface area contributed by atoms with Crippen molar-refractivity contribution < 1.29 is 23.0 Å². The second kappa shape index (κ2) is 5.96. The highest BCUT2D eigenvalue weighted by molar-refractivity contribution is 5.31. The van der Waals surface area contributed by atoms with Gasteiger partial charge in [-0.1, -0.05) is 18.2 Å². The van der Waals surface area contributed by atoms with E-state index in [9.17, 15) is 18.3 Å². The van der Waals surface area contributed by atoms with Crippen LogP contribution in [0.2, 0.25) is 0 Å². The van der Waals surface area contributed by atoms with Gasteiger partial charge in [0.25, 0.3) is 0 Å². The van der Waals surface area contributed by atoms with E-state index in [4.69, 9.17) is 4.74 Å². The normalized spacial score (nSPS) is 12.3. The predicted molar refractivity (Wildman–Crippen MR) is 75.3 cm³/mol. The molecule has 2 rings (SSSR count). The third-order valence-electron chi connectivity index (χ3n) is 3.11. The SMILES string of the molecule is CC(C)(O)c1ccc(OCc2cccnc2C(F)(F)F)cc1. The van der Waals surface area contributed by atoms with Gasteiger partial charge in [-0.15, -0.1) is 0 Å². The molecule has 0 aliphatic heterocycles. The number of benzene rings is 1. The number of alkyl halides is 3. The van der Waals surface area contributed by atoms with Crippen LogP contribution in [0.3, 0.4) is 0 Å². The predicted octanol–water partition coefficient (Wildman–Crippen LogP) is 3.91. The zero-order valence-electron chi connectivity index (χ0n) is 12.2. The fraction of sp³-hybridized carbons (Fsp3) is 0.312. The molecule has 0 amide bonds. The zero-order valence-corrected chi connectivity index (χ0v) is 12.2. The summed E-state index contributed by atoms with van der Waals surface area (Å²) in [7, 11) is 0. The highest BCUT2D eigenvalue weighted by atomic mass is 19.4. The second-order valence-corrected chi connectivity index (χ2v) is 5.38. The van der Waals surface area contributed by atoms with Crippen LogP contribution >= 0.6 is 0 Å². The van der Waals surface area contributed by atoms with Gasteiger partial charge < -0.3 is 9.84 Å². The molecule has 0 spiro atoms. The van der Waals surface area contributed by atoms with Gasteiger partial charge in [0.15, 0.2) is 5.69 Å². The lowest BCUT2D eigenvalue weighted by Crippen LogP contribution is -2.15. The van der Waals surface area contributed by atoms with Gasteiger partial charge in [-0.05, 0) is 37.6 Å². The topological polar surface area (TPSA) is 42.4 Å².